The number of amides is 1. The maximum Gasteiger partial charge on any atom is 0.307 e. The molecule has 0 radical (unpaired) electrons. The SMILES string of the molecule is C[C@@H](NC(=O)[C@@H]1CC=CC[C@@H]1C(=O)O)c1cccnc1. The Morgan fingerprint density at radius 2 is 2.05 bits per heavy atom. The van der Waals surface area contributed by atoms with Crippen LogP contribution in [0.15, 0.2) is 36.7 Å². The number of carboxylic acid groups (broad SMARTS) is 1. The van der Waals surface area contributed by atoms with Crippen LogP contribution in [-0.2, 0) is 9.59 Å². The molecule has 1 heterocycles. The summed E-state index contributed by atoms with van der Waals surface area (Å²) in [5, 5.41) is 12.1. The van der Waals surface area contributed by atoms with Crippen LogP contribution in [0.5, 0.6) is 0 Å². The number of carbonyl (C=O) groups is 2. The number of pyridine rings is 1. The van der Waals surface area contributed by atoms with Crippen LogP contribution in [0.4, 0.5) is 0 Å². The van der Waals surface area contributed by atoms with Crippen molar-refractivity contribution in [2.75, 3.05) is 0 Å². The van der Waals surface area contributed by atoms with E-state index >= 15 is 0 Å². The Morgan fingerprint density at radius 3 is 2.65 bits per heavy atom. The normalized spacial score (nSPS) is 23.1. The summed E-state index contributed by atoms with van der Waals surface area (Å²) in [6.45, 7) is 1.86. The van der Waals surface area contributed by atoms with E-state index in [0.717, 1.165) is 5.56 Å². The zero-order valence-electron chi connectivity index (χ0n) is 11.3. The molecule has 5 heteroatoms. The van der Waals surface area contributed by atoms with Crippen molar-refractivity contribution >= 4 is 11.9 Å². The summed E-state index contributed by atoms with van der Waals surface area (Å²) < 4.78 is 0. The van der Waals surface area contributed by atoms with E-state index in [2.05, 4.69) is 10.3 Å². The lowest BCUT2D eigenvalue weighted by Gasteiger charge is -2.26. The van der Waals surface area contributed by atoms with Gasteiger partial charge in [-0.15, -0.1) is 0 Å². The maximum absolute atomic E-state index is 12.3. The molecule has 2 N–H and O–H groups in total. The van der Waals surface area contributed by atoms with Crippen molar-refractivity contribution in [2.24, 2.45) is 11.8 Å². The number of hydrogen-bond donors (Lipinski definition) is 2. The minimum atomic E-state index is -0.913. The second kappa shape index (κ2) is 6.32. The molecule has 3 atom stereocenters. The van der Waals surface area contributed by atoms with Gasteiger partial charge in [0.25, 0.3) is 0 Å². The molecule has 1 aromatic heterocycles. The largest absolute Gasteiger partial charge is 0.481 e. The van der Waals surface area contributed by atoms with Crippen LogP contribution in [0.1, 0.15) is 31.4 Å². The van der Waals surface area contributed by atoms with Crippen LogP contribution in [0.3, 0.4) is 0 Å². The van der Waals surface area contributed by atoms with Gasteiger partial charge in [-0.1, -0.05) is 18.2 Å². The van der Waals surface area contributed by atoms with Crippen molar-refractivity contribution in [3.05, 3.63) is 42.2 Å². The first-order valence-electron chi connectivity index (χ1n) is 6.67. The molecule has 1 aromatic rings. The summed E-state index contributed by atoms with van der Waals surface area (Å²) in [4.78, 5) is 27.5. The van der Waals surface area contributed by atoms with Crippen LogP contribution in [0, 0.1) is 11.8 Å². The van der Waals surface area contributed by atoms with Crippen LogP contribution in [-0.4, -0.2) is 22.0 Å². The van der Waals surface area contributed by atoms with Crippen molar-refractivity contribution in [1.29, 1.82) is 0 Å². The van der Waals surface area contributed by atoms with E-state index in [4.69, 9.17) is 0 Å². The molecular weight excluding hydrogens is 256 g/mol. The minimum absolute atomic E-state index is 0.184. The lowest BCUT2D eigenvalue weighted by Crippen LogP contribution is -2.39. The molecule has 106 valence electrons. The molecule has 0 unspecified atom stereocenters. The predicted molar refractivity (Wildman–Crippen MR) is 73.8 cm³/mol. The minimum Gasteiger partial charge on any atom is -0.481 e. The fourth-order valence-corrected chi connectivity index (χ4v) is 2.41. The van der Waals surface area contributed by atoms with Gasteiger partial charge in [0.2, 0.25) is 5.91 Å². The summed E-state index contributed by atoms with van der Waals surface area (Å²) in [6.07, 6.45) is 7.95. The predicted octanol–water partition coefficient (Wildman–Crippen LogP) is 1.93. The average molecular weight is 274 g/mol. The van der Waals surface area contributed by atoms with E-state index in [1.807, 2.05) is 25.1 Å². The summed E-state index contributed by atoms with van der Waals surface area (Å²) in [6, 6.07) is 3.51. The summed E-state index contributed by atoms with van der Waals surface area (Å²) in [7, 11) is 0. The molecule has 1 aliphatic carbocycles. The molecule has 2 rings (SSSR count). The second-order valence-corrected chi connectivity index (χ2v) is 5.01. The second-order valence-electron chi connectivity index (χ2n) is 5.01. The number of aliphatic carboxylic acids is 1. The molecule has 0 spiro atoms. The van der Waals surface area contributed by atoms with Gasteiger partial charge in [-0.3, -0.25) is 14.6 Å². The quantitative estimate of drug-likeness (QED) is 0.822. The third kappa shape index (κ3) is 3.23. The molecule has 0 saturated heterocycles. The molecule has 0 aliphatic heterocycles. The van der Waals surface area contributed by atoms with Crippen molar-refractivity contribution in [2.45, 2.75) is 25.8 Å². The van der Waals surface area contributed by atoms with Crippen molar-refractivity contribution < 1.29 is 14.7 Å². The highest BCUT2D eigenvalue weighted by Gasteiger charge is 2.34. The van der Waals surface area contributed by atoms with Crippen molar-refractivity contribution in [1.82, 2.24) is 10.3 Å². The smallest absolute Gasteiger partial charge is 0.307 e. The van der Waals surface area contributed by atoms with E-state index < -0.39 is 17.8 Å². The molecule has 0 saturated carbocycles. The Kier molecular flexibility index (Phi) is 4.50. The Hall–Kier alpha value is -2.17. The van der Waals surface area contributed by atoms with Crippen molar-refractivity contribution in [3.63, 3.8) is 0 Å². The van der Waals surface area contributed by atoms with E-state index in [-0.39, 0.29) is 11.9 Å². The first-order valence-corrected chi connectivity index (χ1v) is 6.67. The lowest BCUT2D eigenvalue weighted by atomic mass is 9.82. The van der Waals surface area contributed by atoms with Crippen LogP contribution in [0.2, 0.25) is 0 Å². The van der Waals surface area contributed by atoms with Crippen LogP contribution in [0.25, 0.3) is 0 Å². The zero-order chi connectivity index (χ0) is 14.5. The third-order valence-corrected chi connectivity index (χ3v) is 3.63. The van der Waals surface area contributed by atoms with Gasteiger partial charge in [0.15, 0.2) is 0 Å². The fraction of sp³-hybridized carbons (Fsp3) is 0.400. The molecule has 20 heavy (non-hydrogen) atoms. The Balaban J connectivity index is 2.04. The number of hydrogen-bond acceptors (Lipinski definition) is 3. The third-order valence-electron chi connectivity index (χ3n) is 3.63. The van der Waals surface area contributed by atoms with Gasteiger partial charge in [-0.2, -0.15) is 0 Å². The summed E-state index contributed by atoms with van der Waals surface area (Å²) in [5.74, 6) is -2.26. The van der Waals surface area contributed by atoms with Crippen LogP contribution < -0.4 is 5.32 Å². The van der Waals surface area contributed by atoms with Gasteiger partial charge >= 0.3 is 5.97 Å². The number of nitrogens with one attached hydrogen (secondary N) is 1. The van der Waals surface area contributed by atoms with E-state index in [0.29, 0.717) is 12.8 Å². The molecular formula is C15H18N2O3. The van der Waals surface area contributed by atoms with Gasteiger partial charge in [-0.25, -0.2) is 0 Å². The van der Waals surface area contributed by atoms with Gasteiger partial charge < -0.3 is 10.4 Å². The highest BCUT2D eigenvalue weighted by Crippen LogP contribution is 2.26. The number of aromatic nitrogens is 1. The highest BCUT2D eigenvalue weighted by molar-refractivity contribution is 5.85. The molecule has 5 nitrogen and oxygen atoms in total. The van der Waals surface area contributed by atoms with E-state index in [9.17, 15) is 14.7 Å². The number of nitrogens with zero attached hydrogens (tertiary/aromatic N) is 1. The first-order chi connectivity index (χ1) is 9.59. The highest BCUT2D eigenvalue weighted by atomic mass is 16.4. The monoisotopic (exact) mass is 274 g/mol. The Labute approximate surface area is 117 Å². The first kappa shape index (κ1) is 14.2. The summed E-state index contributed by atoms with van der Waals surface area (Å²) >= 11 is 0. The van der Waals surface area contributed by atoms with Crippen molar-refractivity contribution in [3.8, 4) is 0 Å². The van der Waals surface area contributed by atoms with Gasteiger partial charge in [-0.05, 0) is 31.4 Å². The molecule has 0 aromatic carbocycles. The lowest BCUT2D eigenvalue weighted by molar-refractivity contribution is -0.147. The summed E-state index contributed by atoms with van der Waals surface area (Å²) in [5.41, 5.74) is 0.902. The molecule has 1 amide bonds. The Morgan fingerprint density at radius 1 is 1.35 bits per heavy atom. The standard InChI is InChI=1S/C15H18N2O3/c1-10(11-5-4-8-16-9-11)17-14(18)12-6-2-3-7-13(12)15(19)20/h2-5,8-10,12-13H,6-7H2,1H3,(H,17,18)(H,19,20)/t10-,12-,13+/m1/s1. The fourth-order valence-electron chi connectivity index (χ4n) is 2.41. The van der Waals surface area contributed by atoms with Gasteiger partial charge in [0, 0.05) is 12.4 Å². The Bertz CT molecular complexity index is 513. The molecule has 1 aliphatic rings. The van der Waals surface area contributed by atoms with E-state index in [1.165, 1.54) is 0 Å². The number of carboxylic acids is 1. The van der Waals surface area contributed by atoms with Crippen LogP contribution >= 0.6 is 0 Å². The topological polar surface area (TPSA) is 79.3 Å². The average Bonchev–Trinajstić information content (AvgIpc) is 2.48. The zero-order valence-corrected chi connectivity index (χ0v) is 11.3. The number of carbonyl (C=O) groups excluding carboxylic acids is 1. The number of rotatable bonds is 4. The van der Waals surface area contributed by atoms with E-state index in [1.54, 1.807) is 18.5 Å². The van der Waals surface area contributed by atoms with Gasteiger partial charge in [0.05, 0.1) is 17.9 Å². The maximum atomic E-state index is 12.3. The number of allylic oxidation sites excluding steroid dienone is 2. The van der Waals surface area contributed by atoms with Gasteiger partial charge in [0.1, 0.15) is 0 Å². The molecule has 0 fully saturated rings. The molecule has 0 bridgehead atoms.